The number of benzene rings is 3. The van der Waals surface area contributed by atoms with Crippen molar-refractivity contribution in [3.8, 4) is 11.5 Å². The summed E-state index contributed by atoms with van der Waals surface area (Å²) in [6.45, 7) is 6.59. The van der Waals surface area contributed by atoms with Crippen molar-refractivity contribution < 1.29 is 28.2 Å². The highest BCUT2D eigenvalue weighted by Gasteiger charge is 2.38. The van der Waals surface area contributed by atoms with Gasteiger partial charge in [0.15, 0.2) is 11.5 Å². The molecule has 0 spiro atoms. The normalized spacial score (nSPS) is 14.7. The highest BCUT2D eigenvalue weighted by Crippen LogP contribution is 2.36. The summed E-state index contributed by atoms with van der Waals surface area (Å²) < 4.78 is 26.9. The molecule has 0 radical (unpaired) electrons. The lowest BCUT2D eigenvalue weighted by Crippen LogP contribution is -2.54. The first kappa shape index (κ1) is 26.3. The molecular formula is C28H24FIN2O5. The second-order valence-corrected chi connectivity index (χ2v) is 9.62. The number of hydrogen-bond donors (Lipinski definition) is 1. The highest BCUT2D eigenvalue weighted by atomic mass is 127. The summed E-state index contributed by atoms with van der Waals surface area (Å²) >= 11 is 2.10. The minimum absolute atomic E-state index is 0.247. The molecule has 0 saturated carbocycles. The maximum absolute atomic E-state index is 14.3. The van der Waals surface area contributed by atoms with Crippen LogP contribution >= 0.6 is 22.6 Å². The van der Waals surface area contributed by atoms with E-state index in [1.807, 2.05) is 20.8 Å². The summed E-state index contributed by atoms with van der Waals surface area (Å²) in [4.78, 5) is 38.7. The predicted octanol–water partition coefficient (Wildman–Crippen LogP) is 5.69. The van der Waals surface area contributed by atoms with E-state index in [0.717, 1.165) is 22.8 Å². The smallest absolute Gasteiger partial charge is 0.336 e. The number of barbiturate groups is 1. The van der Waals surface area contributed by atoms with Crippen molar-refractivity contribution in [2.24, 2.45) is 0 Å². The van der Waals surface area contributed by atoms with Gasteiger partial charge in [-0.2, -0.15) is 0 Å². The molecule has 3 aromatic carbocycles. The lowest BCUT2D eigenvalue weighted by molar-refractivity contribution is -0.122. The third-order valence-corrected chi connectivity index (χ3v) is 6.30. The maximum atomic E-state index is 14.3. The van der Waals surface area contributed by atoms with Gasteiger partial charge in [-0.05, 0) is 84.8 Å². The lowest BCUT2D eigenvalue weighted by atomic mass is 10.1. The molecule has 0 aliphatic carbocycles. The van der Waals surface area contributed by atoms with E-state index in [-0.39, 0.29) is 11.3 Å². The van der Waals surface area contributed by atoms with Crippen LogP contribution in [0.2, 0.25) is 0 Å². The highest BCUT2D eigenvalue weighted by molar-refractivity contribution is 14.1. The number of nitrogens with zero attached hydrogens (tertiary/aromatic N) is 1. The van der Waals surface area contributed by atoms with Crippen LogP contribution < -0.4 is 19.7 Å². The Morgan fingerprint density at radius 1 is 1.00 bits per heavy atom. The minimum atomic E-state index is -1.02. The number of urea groups is 1. The number of imide groups is 2. The largest absolute Gasteiger partial charge is 0.490 e. The molecule has 1 N–H and O–H groups in total. The van der Waals surface area contributed by atoms with Gasteiger partial charge in [0.25, 0.3) is 11.8 Å². The Labute approximate surface area is 227 Å². The number of anilines is 1. The molecule has 0 bridgehead atoms. The zero-order chi connectivity index (χ0) is 26.7. The third-order valence-electron chi connectivity index (χ3n) is 5.50. The van der Waals surface area contributed by atoms with Gasteiger partial charge in [-0.3, -0.25) is 14.9 Å². The fourth-order valence-electron chi connectivity index (χ4n) is 4.06. The van der Waals surface area contributed by atoms with Gasteiger partial charge in [-0.25, -0.2) is 14.1 Å². The lowest BCUT2D eigenvalue weighted by Gasteiger charge is -2.26. The van der Waals surface area contributed by atoms with Crippen molar-refractivity contribution in [1.29, 1.82) is 0 Å². The van der Waals surface area contributed by atoms with Gasteiger partial charge in [0.2, 0.25) is 0 Å². The van der Waals surface area contributed by atoms with E-state index in [0.29, 0.717) is 38.7 Å². The Morgan fingerprint density at radius 3 is 2.38 bits per heavy atom. The summed E-state index contributed by atoms with van der Waals surface area (Å²) in [5.74, 6) is -1.59. The van der Waals surface area contributed by atoms with E-state index in [9.17, 15) is 18.8 Å². The molecule has 7 nitrogen and oxygen atoms in total. The van der Waals surface area contributed by atoms with Crippen molar-refractivity contribution in [2.45, 2.75) is 27.4 Å². The quantitative estimate of drug-likeness (QED) is 0.210. The second-order valence-electron chi connectivity index (χ2n) is 8.46. The average molecular weight is 614 g/mol. The van der Waals surface area contributed by atoms with Crippen LogP contribution in [0.1, 0.15) is 29.2 Å². The van der Waals surface area contributed by atoms with Crippen molar-refractivity contribution in [1.82, 2.24) is 5.32 Å². The van der Waals surface area contributed by atoms with Gasteiger partial charge >= 0.3 is 6.03 Å². The molecule has 1 saturated heterocycles. The number of para-hydroxylation sites is 1. The number of ether oxygens (including phenoxy) is 2. The van der Waals surface area contributed by atoms with E-state index in [1.165, 1.54) is 24.3 Å². The van der Waals surface area contributed by atoms with Gasteiger partial charge in [0.1, 0.15) is 18.0 Å². The van der Waals surface area contributed by atoms with Crippen LogP contribution in [0, 0.1) is 23.2 Å². The number of amides is 4. The number of nitrogens with one attached hydrogen (secondary N) is 1. The Bertz CT molecular complexity index is 1420. The van der Waals surface area contributed by atoms with Crippen LogP contribution in [-0.4, -0.2) is 24.5 Å². The number of hydrogen-bond acceptors (Lipinski definition) is 5. The van der Waals surface area contributed by atoms with Crippen LogP contribution in [0.15, 0.2) is 60.2 Å². The molecule has 0 atom stereocenters. The number of carbonyl (C=O) groups excluding carboxylic acids is 3. The third kappa shape index (κ3) is 5.82. The van der Waals surface area contributed by atoms with Crippen molar-refractivity contribution in [3.05, 3.63) is 91.8 Å². The van der Waals surface area contributed by atoms with Crippen LogP contribution in [-0.2, 0) is 16.2 Å². The summed E-state index contributed by atoms with van der Waals surface area (Å²) in [5.41, 5.74) is 3.21. The molecule has 1 heterocycles. The van der Waals surface area contributed by atoms with Gasteiger partial charge < -0.3 is 9.47 Å². The molecule has 9 heteroatoms. The number of aryl methyl sites for hydroxylation is 2. The Morgan fingerprint density at radius 2 is 1.70 bits per heavy atom. The van der Waals surface area contributed by atoms with Crippen molar-refractivity contribution in [2.75, 3.05) is 11.5 Å². The van der Waals surface area contributed by atoms with Gasteiger partial charge in [-0.1, -0.05) is 41.5 Å². The Balaban J connectivity index is 1.67. The van der Waals surface area contributed by atoms with E-state index in [1.54, 1.807) is 12.1 Å². The summed E-state index contributed by atoms with van der Waals surface area (Å²) in [5, 5.41) is 2.10. The van der Waals surface area contributed by atoms with E-state index < -0.39 is 23.7 Å². The van der Waals surface area contributed by atoms with Crippen LogP contribution in [0.5, 0.6) is 11.5 Å². The first-order valence-corrected chi connectivity index (χ1v) is 12.6. The van der Waals surface area contributed by atoms with Crippen molar-refractivity contribution in [3.63, 3.8) is 0 Å². The first-order chi connectivity index (χ1) is 17.7. The Kier molecular flexibility index (Phi) is 7.91. The molecule has 1 aliphatic rings. The van der Waals surface area contributed by atoms with Crippen LogP contribution in [0.4, 0.5) is 14.9 Å². The zero-order valence-corrected chi connectivity index (χ0v) is 22.6. The van der Waals surface area contributed by atoms with Gasteiger partial charge in [0.05, 0.1) is 15.9 Å². The topological polar surface area (TPSA) is 84.9 Å². The molecule has 0 aromatic heterocycles. The standard InChI is InChI=1S/C28H24FIN2O5/c1-4-36-24-14-18(13-22(30)25(24)37-15-19-10-16(2)9-17(3)11-19)12-20-26(33)31-28(35)32(27(20)34)23-8-6-5-7-21(23)29/h5-14H,4,15H2,1-3H3,(H,31,33,35)/b20-12-. The molecule has 1 fully saturated rings. The second kappa shape index (κ2) is 11.1. The van der Waals surface area contributed by atoms with Gasteiger partial charge in [-0.15, -0.1) is 0 Å². The summed E-state index contributed by atoms with van der Waals surface area (Å²) in [7, 11) is 0. The zero-order valence-electron chi connectivity index (χ0n) is 20.4. The molecular weight excluding hydrogens is 590 g/mol. The minimum Gasteiger partial charge on any atom is -0.490 e. The van der Waals surface area contributed by atoms with Gasteiger partial charge in [0, 0.05) is 0 Å². The molecule has 3 aromatic rings. The molecule has 37 heavy (non-hydrogen) atoms. The summed E-state index contributed by atoms with van der Waals surface area (Å²) in [6.07, 6.45) is 1.34. The molecule has 0 unspecified atom stereocenters. The first-order valence-electron chi connectivity index (χ1n) is 11.5. The Hall–Kier alpha value is -3.73. The molecule has 190 valence electrons. The molecule has 4 amide bonds. The van der Waals surface area contributed by atoms with Crippen molar-refractivity contribution >= 4 is 52.2 Å². The number of rotatable bonds is 7. The molecule has 1 aliphatic heterocycles. The fraction of sp³-hybridized carbons (Fsp3) is 0.179. The monoisotopic (exact) mass is 614 g/mol. The number of halogens is 2. The number of carbonyl (C=O) groups is 3. The SMILES string of the molecule is CCOc1cc(/C=C2/C(=O)NC(=O)N(c3ccccc3F)C2=O)cc(I)c1OCc1cc(C)cc(C)c1. The van der Waals surface area contributed by atoms with Crippen LogP contribution in [0.3, 0.4) is 0 Å². The van der Waals surface area contributed by atoms with E-state index in [4.69, 9.17) is 9.47 Å². The predicted molar refractivity (Wildman–Crippen MR) is 146 cm³/mol. The summed E-state index contributed by atoms with van der Waals surface area (Å²) in [6, 6.07) is 13.9. The van der Waals surface area contributed by atoms with Crippen LogP contribution in [0.25, 0.3) is 6.08 Å². The fourth-order valence-corrected chi connectivity index (χ4v) is 4.84. The van der Waals surface area contributed by atoms with E-state index in [2.05, 4.69) is 46.1 Å². The average Bonchev–Trinajstić information content (AvgIpc) is 2.82. The van der Waals surface area contributed by atoms with E-state index >= 15 is 0 Å². The maximum Gasteiger partial charge on any atom is 0.336 e. The molecule has 4 rings (SSSR count).